The third-order valence-electron chi connectivity index (χ3n) is 2.63. The molecule has 2 aliphatic rings. The van der Waals surface area contributed by atoms with Gasteiger partial charge < -0.3 is 9.32 Å². The van der Waals surface area contributed by atoms with E-state index in [1.165, 1.54) is 0 Å². The fraction of sp³-hybridized carbons (Fsp3) is 0.444. The van der Waals surface area contributed by atoms with E-state index in [-0.39, 0.29) is 6.04 Å². The molecule has 1 aromatic rings. The van der Waals surface area contributed by atoms with E-state index in [4.69, 9.17) is 4.42 Å². The fourth-order valence-electron chi connectivity index (χ4n) is 1.87. The molecule has 1 aromatic heterocycles. The minimum atomic E-state index is 0.281. The Hall–Kier alpha value is -1.49. The highest BCUT2D eigenvalue weighted by Crippen LogP contribution is 2.18. The number of nitrogens with one attached hydrogen (secondary N) is 2. The third kappa shape index (κ3) is 1.17. The molecule has 0 aliphatic carbocycles. The number of hydrogen-bond donors (Lipinski definition) is 2. The molecule has 0 spiro atoms. The van der Waals surface area contributed by atoms with Crippen molar-refractivity contribution in [2.75, 3.05) is 19.8 Å². The van der Waals surface area contributed by atoms with E-state index in [1.54, 1.807) is 6.26 Å². The standard InChI is InChI=1S/C9H12N4O/c1-2-8(14-3-1)7-5-13-6-11-12-9(13)4-10-7/h1-3,7,10-11H,4-6H2. The van der Waals surface area contributed by atoms with Crippen molar-refractivity contribution >= 4 is 5.84 Å². The molecular formula is C9H12N4O. The van der Waals surface area contributed by atoms with Crippen molar-refractivity contribution in [3.05, 3.63) is 24.2 Å². The molecule has 0 bridgehead atoms. The summed E-state index contributed by atoms with van der Waals surface area (Å²) in [7, 11) is 0. The van der Waals surface area contributed by atoms with Crippen LogP contribution in [0, 0.1) is 0 Å². The van der Waals surface area contributed by atoms with Gasteiger partial charge in [-0.25, -0.2) is 0 Å². The van der Waals surface area contributed by atoms with E-state index < -0.39 is 0 Å². The highest BCUT2D eigenvalue weighted by molar-refractivity contribution is 5.85. The molecule has 3 rings (SSSR count). The Morgan fingerprint density at radius 2 is 2.57 bits per heavy atom. The number of fused-ring (bicyclic) bond motifs is 1. The Morgan fingerprint density at radius 1 is 1.57 bits per heavy atom. The predicted molar refractivity (Wildman–Crippen MR) is 51.6 cm³/mol. The van der Waals surface area contributed by atoms with E-state index in [0.29, 0.717) is 0 Å². The second-order valence-electron chi connectivity index (χ2n) is 3.52. The van der Waals surface area contributed by atoms with E-state index in [0.717, 1.165) is 31.4 Å². The molecule has 1 unspecified atom stereocenters. The maximum absolute atomic E-state index is 5.37. The molecule has 5 heteroatoms. The van der Waals surface area contributed by atoms with Gasteiger partial charge in [0.05, 0.1) is 18.8 Å². The van der Waals surface area contributed by atoms with Gasteiger partial charge in [0.15, 0.2) is 0 Å². The molecular weight excluding hydrogens is 180 g/mol. The Kier molecular flexibility index (Phi) is 1.70. The summed E-state index contributed by atoms with van der Waals surface area (Å²) in [6.07, 6.45) is 1.71. The van der Waals surface area contributed by atoms with Gasteiger partial charge in [0.2, 0.25) is 0 Å². The van der Waals surface area contributed by atoms with Crippen LogP contribution in [0.4, 0.5) is 0 Å². The van der Waals surface area contributed by atoms with Crippen LogP contribution < -0.4 is 10.7 Å². The first-order valence-corrected chi connectivity index (χ1v) is 4.74. The molecule has 0 radical (unpaired) electrons. The minimum absolute atomic E-state index is 0.281. The quantitative estimate of drug-likeness (QED) is 0.662. The predicted octanol–water partition coefficient (Wildman–Crippen LogP) is 0.100. The third-order valence-corrected chi connectivity index (χ3v) is 2.63. The summed E-state index contributed by atoms with van der Waals surface area (Å²) < 4.78 is 5.37. The molecule has 3 heterocycles. The molecule has 2 aliphatic heterocycles. The highest BCUT2D eigenvalue weighted by atomic mass is 16.3. The first-order valence-electron chi connectivity index (χ1n) is 4.74. The normalized spacial score (nSPS) is 25.6. The fourth-order valence-corrected chi connectivity index (χ4v) is 1.87. The van der Waals surface area contributed by atoms with E-state index in [9.17, 15) is 0 Å². The topological polar surface area (TPSA) is 52.8 Å². The summed E-state index contributed by atoms with van der Waals surface area (Å²) in [5, 5.41) is 7.56. The zero-order valence-corrected chi connectivity index (χ0v) is 7.73. The van der Waals surface area contributed by atoms with Crippen LogP contribution in [0.1, 0.15) is 11.8 Å². The Labute approximate surface area is 81.8 Å². The summed E-state index contributed by atoms with van der Waals surface area (Å²) in [5.74, 6) is 2.09. The van der Waals surface area contributed by atoms with Crippen molar-refractivity contribution in [3.8, 4) is 0 Å². The van der Waals surface area contributed by atoms with Crippen LogP contribution in [0.15, 0.2) is 27.9 Å². The van der Waals surface area contributed by atoms with Crippen LogP contribution in [-0.4, -0.2) is 30.5 Å². The monoisotopic (exact) mass is 192 g/mol. The van der Waals surface area contributed by atoms with Crippen LogP contribution in [0.5, 0.6) is 0 Å². The number of furan rings is 1. The molecule has 74 valence electrons. The van der Waals surface area contributed by atoms with Gasteiger partial charge in [0.25, 0.3) is 0 Å². The van der Waals surface area contributed by atoms with Gasteiger partial charge in [0, 0.05) is 6.54 Å². The number of rotatable bonds is 1. The lowest BCUT2D eigenvalue weighted by atomic mass is 10.1. The zero-order chi connectivity index (χ0) is 9.38. The summed E-state index contributed by atoms with van der Waals surface area (Å²) in [6.45, 7) is 2.53. The molecule has 5 nitrogen and oxygen atoms in total. The second-order valence-corrected chi connectivity index (χ2v) is 3.52. The number of nitrogens with zero attached hydrogens (tertiary/aromatic N) is 2. The van der Waals surface area contributed by atoms with Gasteiger partial charge in [-0.2, -0.15) is 5.10 Å². The lowest BCUT2D eigenvalue weighted by molar-refractivity contribution is 0.302. The lowest BCUT2D eigenvalue weighted by Gasteiger charge is -2.30. The van der Waals surface area contributed by atoms with Gasteiger partial charge in [0.1, 0.15) is 18.3 Å². The van der Waals surface area contributed by atoms with Crippen molar-refractivity contribution in [1.82, 2.24) is 15.6 Å². The van der Waals surface area contributed by atoms with E-state index in [1.807, 2.05) is 12.1 Å². The van der Waals surface area contributed by atoms with Crippen LogP contribution >= 0.6 is 0 Å². The Morgan fingerprint density at radius 3 is 3.43 bits per heavy atom. The molecule has 2 N–H and O–H groups in total. The average molecular weight is 192 g/mol. The van der Waals surface area contributed by atoms with Crippen molar-refractivity contribution in [3.63, 3.8) is 0 Å². The zero-order valence-electron chi connectivity index (χ0n) is 7.73. The van der Waals surface area contributed by atoms with Gasteiger partial charge in [-0.15, -0.1) is 0 Å². The molecule has 0 amide bonds. The molecule has 1 fully saturated rings. The van der Waals surface area contributed by atoms with Crippen molar-refractivity contribution in [2.45, 2.75) is 6.04 Å². The van der Waals surface area contributed by atoms with Gasteiger partial charge >= 0.3 is 0 Å². The molecule has 1 atom stereocenters. The van der Waals surface area contributed by atoms with Gasteiger partial charge in [-0.05, 0) is 12.1 Å². The molecule has 0 aromatic carbocycles. The first-order chi connectivity index (χ1) is 6.93. The van der Waals surface area contributed by atoms with Crippen molar-refractivity contribution in [1.29, 1.82) is 0 Å². The van der Waals surface area contributed by atoms with Crippen molar-refractivity contribution < 1.29 is 4.42 Å². The van der Waals surface area contributed by atoms with Crippen LogP contribution in [-0.2, 0) is 0 Å². The number of piperazine rings is 1. The number of hydrogen-bond acceptors (Lipinski definition) is 5. The van der Waals surface area contributed by atoms with Gasteiger partial charge in [-0.3, -0.25) is 10.7 Å². The maximum atomic E-state index is 5.37. The first kappa shape index (κ1) is 7.87. The summed E-state index contributed by atoms with van der Waals surface area (Å²) in [6, 6.07) is 4.20. The second kappa shape index (κ2) is 3.02. The SMILES string of the molecule is c1coc(C2CN3CNN=C3CN2)c1. The average Bonchev–Trinajstić information content (AvgIpc) is 2.88. The van der Waals surface area contributed by atoms with Crippen LogP contribution in [0.3, 0.4) is 0 Å². The van der Waals surface area contributed by atoms with Gasteiger partial charge in [-0.1, -0.05) is 0 Å². The lowest BCUT2D eigenvalue weighted by Crippen LogP contribution is -2.48. The van der Waals surface area contributed by atoms with Crippen LogP contribution in [0.2, 0.25) is 0 Å². The van der Waals surface area contributed by atoms with E-state index >= 15 is 0 Å². The Bertz CT molecular complexity index is 346. The maximum Gasteiger partial charge on any atom is 0.140 e. The molecule has 1 saturated heterocycles. The minimum Gasteiger partial charge on any atom is -0.468 e. The summed E-state index contributed by atoms with van der Waals surface area (Å²) in [5.41, 5.74) is 2.97. The van der Waals surface area contributed by atoms with E-state index in [2.05, 4.69) is 20.7 Å². The summed E-state index contributed by atoms with van der Waals surface area (Å²) >= 11 is 0. The Balaban J connectivity index is 1.77. The highest BCUT2D eigenvalue weighted by Gasteiger charge is 2.28. The number of amidine groups is 1. The van der Waals surface area contributed by atoms with Crippen LogP contribution in [0.25, 0.3) is 0 Å². The smallest absolute Gasteiger partial charge is 0.140 e. The molecule has 0 saturated carbocycles. The largest absolute Gasteiger partial charge is 0.468 e. The number of hydrazone groups is 1. The van der Waals surface area contributed by atoms with Crippen molar-refractivity contribution in [2.24, 2.45) is 5.10 Å². The molecule has 14 heavy (non-hydrogen) atoms. The summed E-state index contributed by atoms with van der Waals surface area (Å²) in [4.78, 5) is 2.23.